The van der Waals surface area contributed by atoms with Crippen LogP contribution in [0.4, 0.5) is 0 Å². The van der Waals surface area contributed by atoms with Crippen molar-refractivity contribution >= 4 is 0 Å². The molecule has 1 aromatic carbocycles. The van der Waals surface area contributed by atoms with Gasteiger partial charge in [-0.2, -0.15) is 0 Å². The summed E-state index contributed by atoms with van der Waals surface area (Å²) >= 11 is 0. The minimum atomic E-state index is 0.0931. The Balaban J connectivity index is 1.97. The molecule has 1 heterocycles. The van der Waals surface area contributed by atoms with E-state index in [1.807, 2.05) is 6.07 Å². The molecule has 0 bridgehead atoms. The highest BCUT2D eigenvalue weighted by Crippen LogP contribution is 2.48. The average molecular weight is 233 g/mol. The van der Waals surface area contributed by atoms with Gasteiger partial charge in [0, 0.05) is 12.0 Å². The number of ether oxygens (including phenoxy) is 2. The Bertz CT molecular complexity index is 428. The normalized spacial score (nSPS) is 22.0. The molecule has 2 N–H and O–H groups in total. The van der Waals surface area contributed by atoms with Gasteiger partial charge in [-0.15, -0.1) is 0 Å². The van der Waals surface area contributed by atoms with Gasteiger partial charge < -0.3 is 15.2 Å². The standard InChI is InChI=1S/C14H19NO2/c1-14(9-15,10-2-3-10)11-4-5-12-13(8-11)17-7-6-16-12/h4-5,8,10H,2-3,6-7,9,15H2,1H3. The van der Waals surface area contributed by atoms with E-state index in [1.54, 1.807) is 0 Å². The second kappa shape index (κ2) is 3.91. The molecule has 0 spiro atoms. The molecule has 3 rings (SSSR count). The van der Waals surface area contributed by atoms with Crippen molar-refractivity contribution in [3.05, 3.63) is 23.8 Å². The molecule has 0 saturated heterocycles. The third-order valence-electron chi connectivity index (χ3n) is 4.10. The topological polar surface area (TPSA) is 44.5 Å². The smallest absolute Gasteiger partial charge is 0.161 e. The predicted molar refractivity (Wildman–Crippen MR) is 66.6 cm³/mol. The van der Waals surface area contributed by atoms with Crippen LogP contribution in [0.3, 0.4) is 0 Å². The number of nitrogens with two attached hydrogens (primary N) is 1. The molecule has 3 heteroatoms. The molecule has 3 nitrogen and oxygen atoms in total. The lowest BCUT2D eigenvalue weighted by atomic mass is 9.78. The second-order valence-corrected chi connectivity index (χ2v) is 5.25. The highest BCUT2D eigenvalue weighted by Gasteiger charge is 2.42. The molecule has 1 aromatic rings. The van der Waals surface area contributed by atoms with Crippen LogP contribution in [0.5, 0.6) is 11.5 Å². The lowest BCUT2D eigenvalue weighted by Crippen LogP contribution is -2.34. The quantitative estimate of drug-likeness (QED) is 0.869. The van der Waals surface area contributed by atoms with Crippen molar-refractivity contribution in [2.45, 2.75) is 25.2 Å². The van der Waals surface area contributed by atoms with E-state index in [9.17, 15) is 0 Å². The van der Waals surface area contributed by atoms with Crippen molar-refractivity contribution in [3.8, 4) is 11.5 Å². The summed E-state index contributed by atoms with van der Waals surface area (Å²) in [4.78, 5) is 0. The second-order valence-electron chi connectivity index (χ2n) is 5.25. The summed E-state index contributed by atoms with van der Waals surface area (Å²) in [5.74, 6) is 2.46. The first-order valence-corrected chi connectivity index (χ1v) is 6.34. The first kappa shape index (κ1) is 10.9. The monoisotopic (exact) mass is 233 g/mol. The van der Waals surface area contributed by atoms with Crippen LogP contribution >= 0.6 is 0 Å². The van der Waals surface area contributed by atoms with Crippen LogP contribution in [0, 0.1) is 5.92 Å². The van der Waals surface area contributed by atoms with Gasteiger partial charge in [-0.1, -0.05) is 13.0 Å². The van der Waals surface area contributed by atoms with Gasteiger partial charge in [-0.3, -0.25) is 0 Å². The van der Waals surface area contributed by atoms with Gasteiger partial charge >= 0.3 is 0 Å². The summed E-state index contributed by atoms with van der Waals surface area (Å²) in [6.45, 7) is 4.23. The van der Waals surface area contributed by atoms with Crippen molar-refractivity contribution < 1.29 is 9.47 Å². The van der Waals surface area contributed by atoms with E-state index in [2.05, 4.69) is 19.1 Å². The maximum Gasteiger partial charge on any atom is 0.161 e. The molecule has 92 valence electrons. The van der Waals surface area contributed by atoms with Crippen LogP contribution in [0.15, 0.2) is 18.2 Å². The van der Waals surface area contributed by atoms with E-state index in [0.29, 0.717) is 19.8 Å². The zero-order chi connectivity index (χ0) is 11.9. The van der Waals surface area contributed by atoms with E-state index < -0.39 is 0 Å². The summed E-state index contributed by atoms with van der Waals surface area (Å²) in [6.07, 6.45) is 2.59. The molecule has 0 amide bonds. The highest BCUT2D eigenvalue weighted by atomic mass is 16.6. The fourth-order valence-corrected chi connectivity index (χ4v) is 2.64. The van der Waals surface area contributed by atoms with Gasteiger partial charge in [0.1, 0.15) is 13.2 Å². The van der Waals surface area contributed by atoms with Crippen LogP contribution in [0.2, 0.25) is 0 Å². The molecule has 0 aromatic heterocycles. The van der Waals surface area contributed by atoms with Gasteiger partial charge in [-0.25, -0.2) is 0 Å². The largest absolute Gasteiger partial charge is 0.486 e. The minimum absolute atomic E-state index is 0.0931. The van der Waals surface area contributed by atoms with Gasteiger partial charge in [0.05, 0.1) is 0 Å². The van der Waals surface area contributed by atoms with E-state index in [4.69, 9.17) is 15.2 Å². The molecule has 1 aliphatic carbocycles. The lowest BCUT2D eigenvalue weighted by molar-refractivity contribution is 0.171. The van der Waals surface area contributed by atoms with Crippen LogP contribution in [-0.4, -0.2) is 19.8 Å². The molecule has 2 aliphatic rings. The summed E-state index contributed by atoms with van der Waals surface area (Å²) in [5, 5.41) is 0. The molecule has 1 unspecified atom stereocenters. The zero-order valence-corrected chi connectivity index (χ0v) is 10.2. The van der Waals surface area contributed by atoms with Gasteiger partial charge in [0.2, 0.25) is 0 Å². The van der Waals surface area contributed by atoms with Crippen molar-refractivity contribution in [2.24, 2.45) is 11.7 Å². The molecular weight excluding hydrogens is 214 g/mol. The van der Waals surface area contributed by atoms with Crippen molar-refractivity contribution in [1.82, 2.24) is 0 Å². The Morgan fingerprint density at radius 3 is 2.59 bits per heavy atom. The Hall–Kier alpha value is -1.22. The summed E-state index contributed by atoms with van der Waals surface area (Å²) in [7, 11) is 0. The Kier molecular flexibility index (Phi) is 2.51. The molecule has 1 aliphatic heterocycles. The van der Waals surface area contributed by atoms with Gasteiger partial charge in [0.25, 0.3) is 0 Å². The van der Waals surface area contributed by atoms with Crippen LogP contribution in [0.1, 0.15) is 25.3 Å². The molecule has 17 heavy (non-hydrogen) atoms. The maximum atomic E-state index is 5.98. The molecule has 1 fully saturated rings. The minimum Gasteiger partial charge on any atom is -0.486 e. The fraction of sp³-hybridized carbons (Fsp3) is 0.571. The number of benzene rings is 1. The highest BCUT2D eigenvalue weighted by molar-refractivity contribution is 5.46. The van der Waals surface area contributed by atoms with E-state index >= 15 is 0 Å². The Morgan fingerprint density at radius 2 is 1.94 bits per heavy atom. The average Bonchev–Trinajstić information content (AvgIpc) is 3.22. The first-order valence-electron chi connectivity index (χ1n) is 6.34. The summed E-state index contributed by atoms with van der Waals surface area (Å²) < 4.78 is 11.2. The van der Waals surface area contributed by atoms with Crippen LogP contribution < -0.4 is 15.2 Å². The van der Waals surface area contributed by atoms with Gasteiger partial charge in [0.15, 0.2) is 11.5 Å². The number of rotatable bonds is 3. The van der Waals surface area contributed by atoms with Crippen LogP contribution in [-0.2, 0) is 5.41 Å². The van der Waals surface area contributed by atoms with Gasteiger partial charge in [-0.05, 0) is 36.5 Å². The SMILES string of the molecule is CC(CN)(c1ccc2c(c1)OCCO2)C1CC1. The molecule has 1 atom stereocenters. The van der Waals surface area contributed by atoms with E-state index in [-0.39, 0.29) is 5.41 Å². The van der Waals surface area contributed by atoms with Crippen LogP contribution in [0.25, 0.3) is 0 Å². The van der Waals surface area contributed by atoms with Crippen molar-refractivity contribution in [2.75, 3.05) is 19.8 Å². The number of fused-ring (bicyclic) bond motifs is 1. The first-order chi connectivity index (χ1) is 8.24. The molecule has 1 saturated carbocycles. The predicted octanol–water partition coefficient (Wildman–Crippen LogP) is 2.08. The van der Waals surface area contributed by atoms with Crippen molar-refractivity contribution in [3.63, 3.8) is 0 Å². The zero-order valence-electron chi connectivity index (χ0n) is 10.2. The third-order valence-corrected chi connectivity index (χ3v) is 4.10. The molecular formula is C14H19NO2. The number of hydrogen-bond acceptors (Lipinski definition) is 3. The lowest BCUT2D eigenvalue weighted by Gasteiger charge is -2.30. The maximum absolute atomic E-state index is 5.98. The van der Waals surface area contributed by atoms with Crippen molar-refractivity contribution in [1.29, 1.82) is 0 Å². The summed E-state index contributed by atoms with van der Waals surface area (Å²) in [6, 6.07) is 6.26. The Morgan fingerprint density at radius 1 is 1.24 bits per heavy atom. The Labute approximate surface area is 102 Å². The van der Waals surface area contributed by atoms with E-state index in [1.165, 1.54) is 18.4 Å². The third kappa shape index (κ3) is 1.78. The fourth-order valence-electron chi connectivity index (χ4n) is 2.64. The van der Waals surface area contributed by atoms with E-state index in [0.717, 1.165) is 17.4 Å². The number of hydrogen-bond donors (Lipinski definition) is 1. The molecule has 0 radical (unpaired) electrons. The summed E-state index contributed by atoms with van der Waals surface area (Å²) in [5.41, 5.74) is 7.36.